The highest BCUT2D eigenvalue weighted by Gasteiger charge is 2.14. The van der Waals surface area contributed by atoms with Gasteiger partial charge >= 0.3 is 0 Å². The van der Waals surface area contributed by atoms with Crippen LogP contribution in [0.3, 0.4) is 0 Å². The van der Waals surface area contributed by atoms with E-state index in [0.717, 1.165) is 33.1 Å². The highest BCUT2D eigenvalue weighted by Crippen LogP contribution is 2.25. The minimum atomic E-state index is -3.80. The molecule has 0 spiro atoms. The summed E-state index contributed by atoms with van der Waals surface area (Å²) < 4.78 is 37.4. The Hall–Kier alpha value is -3.68. The van der Waals surface area contributed by atoms with Gasteiger partial charge in [0, 0.05) is 17.8 Å². The van der Waals surface area contributed by atoms with Crippen LogP contribution in [0, 0.1) is 6.92 Å². The van der Waals surface area contributed by atoms with Gasteiger partial charge < -0.3 is 9.30 Å². The maximum absolute atomic E-state index is 12.3. The van der Waals surface area contributed by atoms with Gasteiger partial charge in [0.1, 0.15) is 24.8 Å². The normalized spacial score (nSPS) is 11.8. The summed E-state index contributed by atoms with van der Waals surface area (Å²) in [4.78, 5) is 4.75. The van der Waals surface area contributed by atoms with Crippen LogP contribution in [0.15, 0.2) is 96.2 Å². The van der Waals surface area contributed by atoms with Crippen LogP contribution >= 0.6 is 0 Å². The van der Waals surface area contributed by atoms with Gasteiger partial charge in [-0.25, -0.2) is 4.98 Å². The predicted molar refractivity (Wildman–Crippen MR) is 128 cm³/mol. The first-order valence-corrected chi connectivity index (χ1v) is 12.0. The van der Waals surface area contributed by atoms with E-state index in [4.69, 9.17) is 8.92 Å². The number of hydrogen-bond acceptors (Lipinski definition) is 5. The number of benzene rings is 3. The van der Waals surface area contributed by atoms with Gasteiger partial charge in [-0.15, -0.1) is 0 Å². The van der Waals surface area contributed by atoms with Crippen LogP contribution in [0.25, 0.3) is 27.5 Å². The Kier molecular flexibility index (Phi) is 5.58. The van der Waals surface area contributed by atoms with Crippen molar-refractivity contribution in [2.75, 3.05) is 13.2 Å². The molecule has 7 heteroatoms. The molecule has 5 rings (SSSR count). The molecule has 0 saturated carbocycles. The average Bonchev–Trinajstić information content (AvgIpc) is 3.26. The standard InChI is InChI=1S/C26H22N2O4S/c1-19-6-10-24(11-7-19)33(29,30)32-15-14-31-23-9-8-21-17-26(27-18-22(21)16-23)28-13-12-20-4-2-3-5-25(20)28/h2-13,16-18H,14-15H2,1H3. The number of ether oxygens (including phenoxy) is 1. The Bertz CT molecular complexity index is 1540. The molecule has 0 radical (unpaired) electrons. The molecule has 0 aliphatic heterocycles. The second-order valence-corrected chi connectivity index (χ2v) is 9.35. The molecular weight excluding hydrogens is 436 g/mol. The van der Waals surface area contributed by atoms with E-state index in [-0.39, 0.29) is 18.1 Å². The minimum Gasteiger partial charge on any atom is -0.491 e. The van der Waals surface area contributed by atoms with Crippen molar-refractivity contribution >= 4 is 31.8 Å². The first kappa shape index (κ1) is 21.2. The second kappa shape index (κ2) is 8.69. The maximum atomic E-state index is 12.3. The Balaban J connectivity index is 1.25. The number of fused-ring (bicyclic) bond motifs is 2. The lowest BCUT2D eigenvalue weighted by atomic mass is 10.1. The van der Waals surface area contributed by atoms with Crippen LogP contribution in [0.5, 0.6) is 5.75 Å². The number of para-hydroxylation sites is 1. The van der Waals surface area contributed by atoms with Crippen molar-refractivity contribution in [3.05, 3.63) is 96.8 Å². The van der Waals surface area contributed by atoms with Crippen molar-refractivity contribution in [2.24, 2.45) is 0 Å². The lowest BCUT2D eigenvalue weighted by Crippen LogP contribution is -2.13. The monoisotopic (exact) mass is 458 g/mol. The van der Waals surface area contributed by atoms with Gasteiger partial charge in [-0.05, 0) is 60.2 Å². The van der Waals surface area contributed by atoms with Crippen molar-refractivity contribution in [3.8, 4) is 11.6 Å². The molecule has 6 nitrogen and oxygen atoms in total. The minimum absolute atomic E-state index is 0.0772. The molecule has 0 amide bonds. The Morgan fingerprint density at radius 2 is 1.67 bits per heavy atom. The third-order valence-corrected chi connectivity index (χ3v) is 6.75. The Morgan fingerprint density at radius 3 is 2.52 bits per heavy atom. The summed E-state index contributed by atoms with van der Waals surface area (Å²) in [5.74, 6) is 1.46. The molecular formula is C26H22N2O4S. The zero-order valence-corrected chi connectivity index (χ0v) is 18.8. The fourth-order valence-electron chi connectivity index (χ4n) is 3.69. The predicted octanol–water partition coefficient (Wildman–Crippen LogP) is 5.27. The topological polar surface area (TPSA) is 70.4 Å². The smallest absolute Gasteiger partial charge is 0.297 e. The van der Waals surface area contributed by atoms with E-state index >= 15 is 0 Å². The molecule has 2 aromatic heterocycles. The van der Waals surface area contributed by atoms with Crippen molar-refractivity contribution in [3.63, 3.8) is 0 Å². The molecule has 33 heavy (non-hydrogen) atoms. The summed E-state index contributed by atoms with van der Waals surface area (Å²) in [6.07, 6.45) is 3.83. The molecule has 2 heterocycles. The SMILES string of the molecule is Cc1ccc(S(=O)(=O)OCCOc2ccc3cc(-n4ccc5ccccc54)ncc3c2)cc1. The van der Waals surface area contributed by atoms with Crippen molar-refractivity contribution in [1.29, 1.82) is 0 Å². The zero-order valence-electron chi connectivity index (χ0n) is 18.0. The first-order chi connectivity index (χ1) is 16.0. The summed E-state index contributed by atoms with van der Waals surface area (Å²) in [5.41, 5.74) is 2.09. The molecule has 0 saturated heterocycles. The highest BCUT2D eigenvalue weighted by molar-refractivity contribution is 7.86. The number of hydrogen-bond donors (Lipinski definition) is 0. The largest absolute Gasteiger partial charge is 0.491 e. The van der Waals surface area contributed by atoms with Gasteiger partial charge in [-0.2, -0.15) is 8.42 Å². The number of nitrogens with zero attached hydrogens (tertiary/aromatic N) is 2. The van der Waals surface area contributed by atoms with E-state index in [1.807, 2.05) is 55.7 Å². The van der Waals surface area contributed by atoms with Gasteiger partial charge in [0.15, 0.2) is 0 Å². The Morgan fingerprint density at radius 1 is 0.848 bits per heavy atom. The zero-order chi connectivity index (χ0) is 22.8. The average molecular weight is 459 g/mol. The van der Waals surface area contributed by atoms with E-state index in [2.05, 4.69) is 27.8 Å². The fourth-order valence-corrected chi connectivity index (χ4v) is 4.58. The van der Waals surface area contributed by atoms with Crippen molar-refractivity contribution in [1.82, 2.24) is 9.55 Å². The van der Waals surface area contributed by atoms with Gasteiger partial charge in [-0.1, -0.05) is 42.0 Å². The third-order valence-electron chi connectivity index (χ3n) is 5.43. The third kappa shape index (κ3) is 4.46. The van der Waals surface area contributed by atoms with Crippen LogP contribution in [0.2, 0.25) is 0 Å². The number of pyridine rings is 1. The van der Waals surface area contributed by atoms with Gasteiger partial charge in [0.25, 0.3) is 10.1 Å². The second-order valence-electron chi connectivity index (χ2n) is 7.73. The lowest BCUT2D eigenvalue weighted by molar-refractivity contribution is 0.221. The molecule has 0 atom stereocenters. The Labute approximate surface area is 192 Å². The molecule has 0 bridgehead atoms. The van der Waals surface area contributed by atoms with Crippen LogP contribution in [-0.4, -0.2) is 31.2 Å². The summed E-state index contributed by atoms with van der Waals surface area (Å²) in [6, 6.07) is 24.5. The summed E-state index contributed by atoms with van der Waals surface area (Å²) in [5, 5.41) is 3.12. The van der Waals surface area contributed by atoms with Gasteiger partial charge in [0.2, 0.25) is 0 Å². The number of rotatable bonds is 7. The van der Waals surface area contributed by atoms with Gasteiger partial charge in [-0.3, -0.25) is 4.18 Å². The fraction of sp³-hybridized carbons (Fsp3) is 0.115. The van der Waals surface area contributed by atoms with E-state index in [9.17, 15) is 8.42 Å². The molecule has 0 aliphatic rings. The van der Waals surface area contributed by atoms with Crippen LogP contribution in [0.4, 0.5) is 0 Å². The van der Waals surface area contributed by atoms with Crippen molar-refractivity contribution in [2.45, 2.75) is 11.8 Å². The molecule has 0 N–H and O–H groups in total. The summed E-state index contributed by atoms with van der Waals surface area (Å²) in [7, 11) is -3.80. The summed E-state index contributed by atoms with van der Waals surface area (Å²) >= 11 is 0. The van der Waals surface area contributed by atoms with E-state index < -0.39 is 10.1 Å². The molecule has 5 aromatic rings. The first-order valence-electron chi connectivity index (χ1n) is 10.5. The van der Waals surface area contributed by atoms with E-state index in [1.54, 1.807) is 12.1 Å². The van der Waals surface area contributed by atoms with Crippen molar-refractivity contribution < 1.29 is 17.3 Å². The molecule has 0 fully saturated rings. The molecule has 0 aliphatic carbocycles. The molecule has 0 unspecified atom stereocenters. The number of aromatic nitrogens is 2. The van der Waals surface area contributed by atoms with Gasteiger partial charge in [0.05, 0.1) is 10.4 Å². The van der Waals surface area contributed by atoms with E-state index in [0.29, 0.717) is 5.75 Å². The highest BCUT2D eigenvalue weighted by atomic mass is 32.2. The van der Waals surface area contributed by atoms with Crippen LogP contribution < -0.4 is 4.74 Å². The van der Waals surface area contributed by atoms with Crippen LogP contribution in [0.1, 0.15) is 5.56 Å². The molecule has 3 aromatic carbocycles. The van der Waals surface area contributed by atoms with E-state index in [1.165, 1.54) is 12.1 Å². The quantitative estimate of drug-likeness (QED) is 0.245. The molecule has 166 valence electrons. The summed E-state index contributed by atoms with van der Waals surface area (Å²) in [6.45, 7) is 1.93. The number of aryl methyl sites for hydroxylation is 1. The van der Waals surface area contributed by atoms with Crippen LogP contribution in [-0.2, 0) is 14.3 Å². The lowest BCUT2D eigenvalue weighted by Gasteiger charge is -2.10. The maximum Gasteiger partial charge on any atom is 0.297 e.